The van der Waals surface area contributed by atoms with Crippen molar-refractivity contribution in [3.8, 4) is 11.1 Å². The van der Waals surface area contributed by atoms with Crippen molar-refractivity contribution in [2.24, 2.45) is 0 Å². The molecule has 2 rings (SSSR count). The number of halogens is 1. The molecule has 102 valence electrons. The summed E-state index contributed by atoms with van der Waals surface area (Å²) in [5.41, 5.74) is 2.39. The Balaban J connectivity index is 2.60. The lowest BCUT2D eigenvalue weighted by Gasteiger charge is -2.08. The van der Waals surface area contributed by atoms with Gasteiger partial charge in [-0.1, -0.05) is 23.7 Å². The molecule has 0 saturated heterocycles. The van der Waals surface area contributed by atoms with Gasteiger partial charge in [-0.05, 0) is 48.4 Å². The van der Waals surface area contributed by atoms with Gasteiger partial charge in [0.05, 0.1) is 12.7 Å². The van der Waals surface area contributed by atoms with Crippen molar-refractivity contribution in [2.45, 2.75) is 6.92 Å². The zero-order valence-electron chi connectivity index (χ0n) is 11.1. The highest BCUT2D eigenvalue weighted by Crippen LogP contribution is 2.25. The summed E-state index contributed by atoms with van der Waals surface area (Å²) in [5, 5.41) is 0.593. The molecule has 0 spiro atoms. The molecule has 20 heavy (non-hydrogen) atoms. The summed E-state index contributed by atoms with van der Waals surface area (Å²) in [6.45, 7) is 1.46. The third kappa shape index (κ3) is 3.06. The van der Waals surface area contributed by atoms with E-state index in [2.05, 4.69) is 0 Å². The van der Waals surface area contributed by atoms with Gasteiger partial charge in [-0.25, -0.2) is 4.79 Å². The summed E-state index contributed by atoms with van der Waals surface area (Å²) in [7, 11) is 1.31. The molecule has 0 unspecified atom stereocenters. The predicted octanol–water partition coefficient (Wildman–Crippen LogP) is 4.00. The molecule has 0 radical (unpaired) electrons. The average Bonchev–Trinajstić information content (AvgIpc) is 2.45. The van der Waals surface area contributed by atoms with Gasteiger partial charge in [-0.2, -0.15) is 0 Å². The number of carbonyl (C=O) groups excluding carboxylic acids is 2. The number of ether oxygens (including phenoxy) is 1. The highest BCUT2D eigenvalue weighted by atomic mass is 35.5. The quantitative estimate of drug-likeness (QED) is 0.633. The van der Waals surface area contributed by atoms with E-state index in [1.165, 1.54) is 20.1 Å². The van der Waals surface area contributed by atoms with Crippen LogP contribution < -0.4 is 0 Å². The van der Waals surface area contributed by atoms with E-state index in [0.717, 1.165) is 11.1 Å². The first-order valence-electron chi connectivity index (χ1n) is 6.01. The summed E-state index contributed by atoms with van der Waals surface area (Å²) in [4.78, 5) is 23.3. The number of esters is 1. The Morgan fingerprint density at radius 2 is 1.70 bits per heavy atom. The second-order valence-electron chi connectivity index (χ2n) is 4.36. The number of benzene rings is 2. The van der Waals surface area contributed by atoms with Crippen LogP contribution in [0.2, 0.25) is 5.02 Å². The summed E-state index contributed by atoms with van der Waals surface area (Å²) < 4.78 is 4.71. The Kier molecular flexibility index (Phi) is 4.20. The molecule has 0 aliphatic carbocycles. The molecule has 0 fully saturated rings. The molecule has 0 aliphatic rings. The summed E-state index contributed by atoms with van der Waals surface area (Å²) >= 11 is 5.97. The zero-order chi connectivity index (χ0) is 14.7. The number of methoxy groups -OCH3 is 1. The minimum atomic E-state index is -0.476. The first-order chi connectivity index (χ1) is 9.51. The molecule has 0 N–H and O–H groups in total. The highest BCUT2D eigenvalue weighted by Gasteiger charge is 2.12. The molecule has 0 aliphatic heterocycles. The molecule has 4 heteroatoms. The first-order valence-corrected chi connectivity index (χ1v) is 6.39. The van der Waals surface area contributed by atoms with Gasteiger partial charge in [0.25, 0.3) is 0 Å². The van der Waals surface area contributed by atoms with Gasteiger partial charge >= 0.3 is 5.97 Å². The lowest BCUT2D eigenvalue weighted by molar-refractivity contribution is 0.0601. The van der Waals surface area contributed by atoms with Crippen LogP contribution in [-0.4, -0.2) is 18.9 Å². The molecule has 2 aromatic carbocycles. The highest BCUT2D eigenvalue weighted by molar-refractivity contribution is 6.30. The fourth-order valence-electron chi connectivity index (χ4n) is 1.90. The molecule has 3 nitrogen and oxygen atoms in total. The van der Waals surface area contributed by atoms with Gasteiger partial charge < -0.3 is 4.74 Å². The van der Waals surface area contributed by atoms with Crippen molar-refractivity contribution in [1.29, 1.82) is 0 Å². The van der Waals surface area contributed by atoms with Crippen LogP contribution in [0.25, 0.3) is 11.1 Å². The Morgan fingerprint density at radius 1 is 1.00 bits per heavy atom. The van der Waals surface area contributed by atoms with Crippen LogP contribution in [0, 0.1) is 0 Å². The minimum Gasteiger partial charge on any atom is -0.465 e. The molecular weight excluding hydrogens is 276 g/mol. The van der Waals surface area contributed by atoms with Gasteiger partial charge in [0.15, 0.2) is 5.78 Å². The Labute approximate surface area is 122 Å². The minimum absolute atomic E-state index is 0.112. The predicted molar refractivity (Wildman–Crippen MR) is 78.2 cm³/mol. The third-order valence-corrected chi connectivity index (χ3v) is 3.15. The maximum atomic E-state index is 11.7. The molecule has 2 aromatic rings. The summed E-state index contributed by atoms with van der Waals surface area (Å²) in [5.74, 6) is -0.588. The molecule has 0 aromatic heterocycles. The van der Waals surface area contributed by atoms with Crippen LogP contribution in [0.5, 0.6) is 0 Å². The van der Waals surface area contributed by atoms with Crippen LogP contribution in [0.4, 0.5) is 0 Å². The smallest absolute Gasteiger partial charge is 0.337 e. The standard InChI is InChI=1S/C16H13ClO3/c1-10(18)12-6-13(8-14(7-12)16(19)20-2)11-4-3-5-15(17)9-11/h3-9H,1-2H3. The number of hydrogen-bond acceptors (Lipinski definition) is 3. The Bertz CT molecular complexity index is 677. The number of carbonyl (C=O) groups is 2. The number of hydrogen-bond donors (Lipinski definition) is 0. The van der Waals surface area contributed by atoms with E-state index < -0.39 is 5.97 Å². The molecule has 0 bridgehead atoms. The van der Waals surface area contributed by atoms with Gasteiger partial charge in [0.2, 0.25) is 0 Å². The van der Waals surface area contributed by atoms with E-state index in [0.29, 0.717) is 16.1 Å². The van der Waals surface area contributed by atoms with Crippen molar-refractivity contribution in [1.82, 2.24) is 0 Å². The van der Waals surface area contributed by atoms with E-state index in [-0.39, 0.29) is 5.78 Å². The van der Waals surface area contributed by atoms with Crippen molar-refractivity contribution in [2.75, 3.05) is 7.11 Å². The fourth-order valence-corrected chi connectivity index (χ4v) is 2.09. The number of rotatable bonds is 3. The number of ketones is 1. The van der Waals surface area contributed by atoms with Crippen molar-refractivity contribution in [3.63, 3.8) is 0 Å². The van der Waals surface area contributed by atoms with Crippen LogP contribution in [0.3, 0.4) is 0 Å². The topological polar surface area (TPSA) is 43.4 Å². The molecule has 0 amide bonds. The normalized spacial score (nSPS) is 10.2. The molecular formula is C16H13ClO3. The van der Waals surface area contributed by atoms with E-state index >= 15 is 0 Å². The first kappa shape index (κ1) is 14.3. The van der Waals surface area contributed by atoms with Gasteiger partial charge in [0.1, 0.15) is 0 Å². The maximum Gasteiger partial charge on any atom is 0.337 e. The fraction of sp³-hybridized carbons (Fsp3) is 0.125. The van der Waals surface area contributed by atoms with E-state index in [1.54, 1.807) is 24.3 Å². The maximum absolute atomic E-state index is 11.7. The average molecular weight is 289 g/mol. The van der Waals surface area contributed by atoms with Crippen LogP contribution >= 0.6 is 11.6 Å². The zero-order valence-corrected chi connectivity index (χ0v) is 11.9. The van der Waals surface area contributed by atoms with Crippen LogP contribution in [0.1, 0.15) is 27.6 Å². The van der Waals surface area contributed by atoms with Crippen LogP contribution in [0.15, 0.2) is 42.5 Å². The van der Waals surface area contributed by atoms with Crippen molar-refractivity contribution >= 4 is 23.4 Å². The number of Topliss-reactive ketones (excluding diaryl/α,β-unsaturated/α-hetero) is 1. The van der Waals surface area contributed by atoms with Gasteiger partial charge in [0, 0.05) is 10.6 Å². The van der Waals surface area contributed by atoms with E-state index in [9.17, 15) is 9.59 Å². The largest absolute Gasteiger partial charge is 0.465 e. The lowest BCUT2D eigenvalue weighted by atomic mass is 9.98. The van der Waals surface area contributed by atoms with Gasteiger partial charge in [-0.15, -0.1) is 0 Å². The lowest BCUT2D eigenvalue weighted by Crippen LogP contribution is -2.04. The molecule has 0 heterocycles. The Hall–Kier alpha value is -2.13. The molecule has 0 atom stereocenters. The van der Waals surface area contributed by atoms with E-state index in [1.807, 2.05) is 12.1 Å². The second-order valence-corrected chi connectivity index (χ2v) is 4.79. The van der Waals surface area contributed by atoms with Crippen molar-refractivity contribution in [3.05, 3.63) is 58.6 Å². The monoisotopic (exact) mass is 288 g/mol. The van der Waals surface area contributed by atoms with Crippen molar-refractivity contribution < 1.29 is 14.3 Å². The Morgan fingerprint density at radius 3 is 2.30 bits per heavy atom. The SMILES string of the molecule is COC(=O)c1cc(C(C)=O)cc(-c2cccc(Cl)c2)c1. The molecule has 0 saturated carbocycles. The van der Waals surface area contributed by atoms with Crippen LogP contribution in [-0.2, 0) is 4.74 Å². The summed E-state index contributed by atoms with van der Waals surface area (Å²) in [6.07, 6.45) is 0. The van der Waals surface area contributed by atoms with E-state index in [4.69, 9.17) is 16.3 Å². The summed E-state index contributed by atoms with van der Waals surface area (Å²) in [6, 6.07) is 12.2. The second kappa shape index (κ2) is 5.88. The van der Waals surface area contributed by atoms with Gasteiger partial charge in [-0.3, -0.25) is 4.79 Å². The third-order valence-electron chi connectivity index (χ3n) is 2.92.